The number of nitrogens with two attached hydrogens (primary N) is 2. The summed E-state index contributed by atoms with van der Waals surface area (Å²) in [6, 6.07) is 9.40. The Bertz CT molecular complexity index is 1380. The Balaban J connectivity index is 1.09. The van der Waals surface area contributed by atoms with Crippen molar-refractivity contribution in [3.63, 3.8) is 0 Å². The van der Waals surface area contributed by atoms with Crippen LogP contribution in [0.5, 0.6) is 11.5 Å². The quantitative estimate of drug-likeness (QED) is 0.271. The lowest BCUT2D eigenvalue weighted by atomic mass is 9.53. The molecular weight excluding hydrogens is 510 g/mol. The van der Waals surface area contributed by atoms with Gasteiger partial charge in [0.25, 0.3) is 5.91 Å². The van der Waals surface area contributed by atoms with Crippen molar-refractivity contribution in [2.45, 2.75) is 76.5 Å². The lowest BCUT2D eigenvalue weighted by molar-refractivity contribution is -0.126. The first-order chi connectivity index (χ1) is 19.0. The molecule has 2 aromatic heterocycles. The van der Waals surface area contributed by atoms with E-state index < -0.39 is 11.5 Å². The first-order valence-electron chi connectivity index (χ1n) is 13.9. The number of carbonyl (C=O) groups is 2. The smallest absolute Gasteiger partial charge is 0.252 e. The molecule has 3 aromatic rings. The summed E-state index contributed by atoms with van der Waals surface area (Å²) in [7, 11) is 0. The molecule has 1 aromatic carbocycles. The van der Waals surface area contributed by atoms with Gasteiger partial charge in [-0.25, -0.2) is 4.52 Å². The number of fused-ring (bicyclic) bond motifs is 1. The summed E-state index contributed by atoms with van der Waals surface area (Å²) >= 11 is 0. The van der Waals surface area contributed by atoms with Crippen LogP contribution in [-0.2, 0) is 17.6 Å². The second-order valence-electron chi connectivity index (χ2n) is 12.1. The average molecular weight is 550 g/mol. The first-order valence-corrected chi connectivity index (χ1v) is 13.9. The molecule has 214 valence electrons. The zero-order valence-corrected chi connectivity index (χ0v) is 23.2. The first kappa shape index (κ1) is 27.9. The molecule has 2 heterocycles. The highest BCUT2D eigenvalue weighted by Gasteiger charge is 2.54. The zero-order valence-electron chi connectivity index (χ0n) is 23.2. The topological polar surface area (TPSA) is 154 Å². The molecule has 0 unspecified atom stereocenters. The van der Waals surface area contributed by atoms with Gasteiger partial charge in [-0.15, -0.1) is 0 Å². The van der Waals surface area contributed by atoms with E-state index in [-0.39, 0.29) is 36.5 Å². The Morgan fingerprint density at radius 2 is 1.98 bits per heavy atom. The number of ether oxygens (including phenoxy) is 2. The van der Waals surface area contributed by atoms with Crippen LogP contribution < -0.4 is 26.3 Å². The van der Waals surface area contributed by atoms with E-state index in [4.69, 9.17) is 20.9 Å². The summed E-state index contributed by atoms with van der Waals surface area (Å²) in [5, 5.41) is 17.4. The molecule has 2 saturated carbocycles. The Morgan fingerprint density at radius 3 is 2.67 bits per heavy atom. The molecule has 10 nitrogen and oxygen atoms in total. The molecule has 1 spiro atoms. The SMILES string of the molecule is CC(C)(O)COc1ccc2c(CC(=O)NC3CC4(C3)CC(Oc3cc(CCCN)ccc3C(N)=O)C4)cnn2c1. The number of benzene rings is 1. The van der Waals surface area contributed by atoms with Gasteiger partial charge in [-0.1, -0.05) is 6.07 Å². The Morgan fingerprint density at radius 1 is 1.20 bits per heavy atom. The maximum atomic E-state index is 12.8. The minimum atomic E-state index is -0.930. The zero-order chi connectivity index (χ0) is 28.5. The number of amides is 2. The van der Waals surface area contributed by atoms with Crippen LogP contribution in [0.1, 0.15) is 67.4 Å². The number of nitrogens with zero attached hydrogens (tertiary/aromatic N) is 2. The Hall–Kier alpha value is -3.63. The molecule has 0 radical (unpaired) electrons. The molecule has 0 atom stereocenters. The van der Waals surface area contributed by atoms with Crippen LogP contribution in [-0.4, -0.2) is 57.4 Å². The lowest BCUT2D eigenvalue weighted by Gasteiger charge is -2.57. The third kappa shape index (κ3) is 6.39. The number of aromatic nitrogens is 2. The third-order valence-corrected chi connectivity index (χ3v) is 7.83. The fourth-order valence-corrected chi connectivity index (χ4v) is 5.87. The number of aryl methyl sites for hydroxylation is 1. The molecule has 5 rings (SSSR count). The van der Waals surface area contributed by atoms with Crippen LogP contribution in [0.4, 0.5) is 0 Å². The Kier molecular flexibility index (Phi) is 7.74. The second-order valence-corrected chi connectivity index (χ2v) is 12.1. The van der Waals surface area contributed by atoms with Gasteiger partial charge in [0.05, 0.1) is 41.6 Å². The molecule has 10 heteroatoms. The van der Waals surface area contributed by atoms with Gasteiger partial charge in [-0.05, 0) is 94.2 Å². The highest BCUT2D eigenvalue weighted by Crippen LogP contribution is 2.57. The maximum Gasteiger partial charge on any atom is 0.252 e. The maximum absolute atomic E-state index is 12.8. The summed E-state index contributed by atoms with van der Waals surface area (Å²) in [6.07, 6.45) is 9.08. The highest BCUT2D eigenvalue weighted by atomic mass is 16.5. The summed E-state index contributed by atoms with van der Waals surface area (Å²) in [5.74, 6) is 0.632. The lowest BCUT2D eigenvalue weighted by Crippen LogP contribution is -2.59. The number of pyridine rings is 1. The van der Waals surface area contributed by atoms with Crippen molar-refractivity contribution in [1.29, 1.82) is 0 Å². The van der Waals surface area contributed by atoms with Gasteiger partial charge in [0.2, 0.25) is 5.91 Å². The van der Waals surface area contributed by atoms with Crippen LogP contribution >= 0.6 is 0 Å². The van der Waals surface area contributed by atoms with E-state index in [9.17, 15) is 14.7 Å². The van der Waals surface area contributed by atoms with Gasteiger partial charge in [-0.3, -0.25) is 9.59 Å². The van der Waals surface area contributed by atoms with E-state index >= 15 is 0 Å². The van der Waals surface area contributed by atoms with Gasteiger partial charge in [0.15, 0.2) is 0 Å². The largest absolute Gasteiger partial charge is 0.490 e. The Labute approximate surface area is 234 Å². The molecule has 2 fully saturated rings. The molecular formula is C30H39N5O5. The number of primary amides is 1. The summed E-state index contributed by atoms with van der Waals surface area (Å²) < 4.78 is 13.5. The number of hydrogen-bond donors (Lipinski definition) is 4. The van der Waals surface area contributed by atoms with Crippen molar-refractivity contribution in [2.24, 2.45) is 16.9 Å². The van der Waals surface area contributed by atoms with Gasteiger partial charge < -0.3 is 31.4 Å². The number of rotatable bonds is 12. The van der Waals surface area contributed by atoms with E-state index in [1.54, 1.807) is 36.8 Å². The molecule has 0 saturated heterocycles. The van der Waals surface area contributed by atoms with Crippen LogP contribution in [0.15, 0.2) is 42.7 Å². The van der Waals surface area contributed by atoms with Crippen molar-refractivity contribution < 1.29 is 24.2 Å². The minimum absolute atomic E-state index is 0.0235. The predicted molar refractivity (Wildman–Crippen MR) is 150 cm³/mol. The highest BCUT2D eigenvalue weighted by molar-refractivity contribution is 5.95. The molecule has 2 aliphatic rings. The molecule has 2 amide bonds. The van der Waals surface area contributed by atoms with E-state index in [2.05, 4.69) is 10.4 Å². The monoisotopic (exact) mass is 549 g/mol. The molecule has 6 N–H and O–H groups in total. The fourth-order valence-electron chi connectivity index (χ4n) is 5.87. The van der Waals surface area contributed by atoms with Crippen LogP contribution in [0.2, 0.25) is 0 Å². The van der Waals surface area contributed by atoms with E-state index in [1.807, 2.05) is 24.3 Å². The predicted octanol–water partition coefficient (Wildman–Crippen LogP) is 2.52. The summed E-state index contributed by atoms with van der Waals surface area (Å²) in [6.45, 7) is 4.14. The van der Waals surface area contributed by atoms with Gasteiger partial charge in [0, 0.05) is 11.6 Å². The van der Waals surface area contributed by atoms with E-state index in [0.717, 1.165) is 55.2 Å². The molecule has 0 bridgehead atoms. The normalized spacial score (nSPS) is 22.0. The van der Waals surface area contributed by atoms with Gasteiger partial charge in [0.1, 0.15) is 18.1 Å². The summed E-state index contributed by atoms with van der Waals surface area (Å²) in [4.78, 5) is 24.7. The second kappa shape index (κ2) is 11.1. The average Bonchev–Trinajstić information content (AvgIpc) is 3.24. The molecule has 40 heavy (non-hydrogen) atoms. The van der Waals surface area contributed by atoms with E-state index in [1.165, 1.54) is 0 Å². The molecule has 0 aliphatic heterocycles. The van der Waals surface area contributed by atoms with Crippen LogP contribution in [0.3, 0.4) is 0 Å². The van der Waals surface area contributed by atoms with Crippen molar-refractivity contribution in [1.82, 2.24) is 14.9 Å². The fraction of sp³-hybridized carbons (Fsp3) is 0.500. The number of carbonyl (C=O) groups excluding carboxylic acids is 2. The van der Waals surface area contributed by atoms with Crippen LogP contribution in [0, 0.1) is 5.41 Å². The molecule has 2 aliphatic carbocycles. The van der Waals surface area contributed by atoms with Crippen molar-refractivity contribution in [2.75, 3.05) is 13.2 Å². The van der Waals surface area contributed by atoms with Gasteiger partial charge in [-0.2, -0.15) is 5.10 Å². The number of aliphatic hydroxyl groups is 1. The van der Waals surface area contributed by atoms with Crippen molar-refractivity contribution in [3.8, 4) is 11.5 Å². The van der Waals surface area contributed by atoms with Crippen LogP contribution in [0.25, 0.3) is 5.52 Å². The third-order valence-electron chi connectivity index (χ3n) is 7.83. The minimum Gasteiger partial charge on any atom is -0.490 e. The number of hydrogen-bond acceptors (Lipinski definition) is 7. The van der Waals surface area contributed by atoms with E-state index in [0.29, 0.717) is 23.6 Å². The van der Waals surface area contributed by atoms with Crippen molar-refractivity contribution >= 4 is 17.3 Å². The van der Waals surface area contributed by atoms with Crippen molar-refractivity contribution in [3.05, 3.63) is 59.4 Å². The summed E-state index contributed by atoms with van der Waals surface area (Å²) in [5.41, 5.74) is 13.6. The number of nitrogens with one attached hydrogen (secondary N) is 1. The van der Waals surface area contributed by atoms with Gasteiger partial charge >= 0.3 is 0 Å². The standard InChI is InChI=1S/C30H39N5O5/c1-29(2,38)18-39-22-6-8-25-20(16-33-35(25)17-22)11-27(36)34-21-12-30(13-21)14-23(15-30)40-26-10-19(4-3-9-31)5-7-24(26)28(32)37/h5-8,10,16-17,21,23,38H,3-4,9,11-15,18,31H2,1-2H3,(H2,32,37)(H,34,36).